The molecule has 0 amide bonds. The van der Waals surface area contributed by atoms with E-state index in [1.165, 1.54) is 0 Å². The molecule has 5 nitrogen and oxygen atoms in total. The molecule has 0 aromatic carbocycles. The number of hydrogen-bond acceptors (Lipinski definition) is 4. The molecule has 7 heteroatoms. The lowest BCUT2D eigenvalue weighted by Gasteiger charge is -2.01. The van der Waals surface area contributed by atoms with Crippen LogP contribution in [0.15, 0.2) is 24.4 Å². The second-order valence-corrected chi connectivity index (χ2v) is 4.88. The lowest BCUT2D eigenvalue weighted by Crippen LogP contribution is -2.14. The first-order chi connectivity index (χ1) is 8.02. The average Bonchev–Trinajstić information content (AvgIpc) is 2.59. The number of aromatic hydroxyl groups is 1. The molecule has 2 N–H and O–H groups in total. The molecule has 0 aliphatic rings. The van der Waals surface area contributed by atoms with Crippen LogP contribution in [0.5, 0.6) is 5.88 Å². The Morgan fingerprint density at radius 1 is 1.53 bits per heavy atom. The smallest absolute Gasteiger partial charge is 0.258 e. The minimum atomic E-state index is -0.362. The van der Waals surface area contributed by atoms with E-state index < -0.39 is 0 Å². The number of nitrogens with one attached hydrogen (secondary N) is 1. The number of aromatic amines is 1. The van der Waals surface area contributed by atoms with Gasteiger partial charge in [0, 0.05) is 6.07 Å². The molecule has 0 spiro atoms. The van der Waals surface area contributed by atoms with Crippen LogP contribution in [-0.4, -0.2) is 15.1 Å². The summed E-state index contributed by atoms with van der Waals surface area (Å²) in [6.07, 6.45) is 0.417. The first-order valence-electron chi connectivity index (χ1n) is 4.80. The van der Waals surface area contributed by atoms with Crippen LogP contribution in [0.25, 0.3) is 11.6 Å². The Morgan fingerprint density at radius 2 is 2.24 bits per heavy atom. The highest BCUT2D eigenvalue weighted by atomic mass is 79.9. The second-order valence-electron chi connectivity index (χ2n) is 3.30. The Hall–Kier alpha value is -1.08. The van der Waals surface area contributed by atoms with Gasteiger partial charge < -0.3 is 14.5 Å². The van der Waals surface area contributed by atoms with Gasteiger partial charge in [-0.2, -0.15) is 4.98 Å². The maximum absolute atomic E-state index is 11.6. The van der Waals surface area contributed by atoms with E-state index in [1.54, 1.807) is 13.0 Å². The Kier molecular flexibility index (Phi) is 3.39. The van der Waals surface area contributed by atoms with Crippen LogP contribution in [-0.2, 0) is 6.42 Å². The summed E-state index contributed by atoms with van der Waals surface area (Å²) >= 11 is 6.44. The van der Waals surface area contributed by atoms with Crippen molar-refractivity contribution in [1.82, 2.24) is 9.97 Å². The molecule has 0 aliphatic heterocycles. The summed E-state index contributed by atoms with van der Waals surface area (Å²) in [6, 6.07) is 1.65. The van der Waals surface area contributed by atoms with Crippen molar-refractivity contribution in [2.75, 3.05) is 0 Å². The summed E-state index contributed by atoms with van der Waals surface area (Å²) in [7, 11) is 0. The lowest BCUT2D eigenvalue weighted by atomic mass is 10.2. The van der Waals surface area contributed by atoms with E-state index in [0.717, 1.165) is 0 Å². The fraction of sp³-hybridized carbons (Fsp3) is 0.200. The normalized spacial score (nSPS) is 10.8. The first-order valence-corrected chi connectivity index (χ1v) is 6.39. The van der Waals surface area contributed by atoms with Gasteiger partial charge in [-0.1, -0.05) is 6.92 Å². The largest absolute Gasteiger partial charge is 0.493 e. The van der Waals surface area contributed by atoms with Crippen molar-refractivity contribution in [3.05, 3.63) is 31.1 Å². The number of halogens is 2. The van der Waals surface area contributed by atoms with Crippen LogP contribution in [0.2, 0.25) is 0 Å². The average molecular weight is 364 g/mol. The van der Waals surface area contributed by atoms with Crippen LogP contribution < -0.4 is 5.56 Å². The highest BCUT2D eigenvalue weighted by molar-refractivity contribution is 9.13. The Morgan fingerprint density at radius 3 is 2.71 bits per heavy atom. The van der Waals surface area contributed by atoms with Crippen molar-refractivity contribution in [3.8, 4) is 17.5 Å². The summed E-state index contributed by atoms with van der Waals surface area (Å²) in [5.74, 6) is 0.282. The van der Waals surface area contributed by atoms with E-state index in [2.05, 4.69) is 41.8 Å². The zero-order valence-electron chi connectivity index (χ0n) is 8.75. The van der Waals surface area contributed by atoms with E-state index in [1.807, 2.05) is 0 Å². The fourth-order valence-corrected chi connectivity index (χ4v) is 1.96. The van der Waals surface area contributed by atoms with E-state index in [4.69, 9.17) is 4.42 Å². The molecule has 0 fully saturated rings. The summed E-state index contributed by atoms with van der Waals surface area (Å²) in [5.41, 5.74) is -0.0999. The molecule has 0 radical (unpaired) electrons. The minimum Gasteiger partial charge on any atom is -0.493 e. The molecule has 0 atom stereocenters. The predicted molar refractivity (Wildman–Crippen MR) is 69.0 cm³/mol. The van der Waals surface area contributed by atoms with Crippen molar-refractivity contribution < 1.29 is 9.52 Å². The van der Waals surface area contributed by atoms with Crippen molar-refractivity contribution in [2.24, 2.45) is 0 Å². The maximum Gasteiger partial charge on any atom is 0.258 e. The van der Waals surface area contributed by atoms with Crippen LogP contribution in [0.4, 0.5) is 0 Å². The third-order valence-corrected chi connectivity index (χ3v) is 3.94. The van der Waals surface area contributed by atoms with Crippen molar-refractivity contribution >= 4 is 31.9 Å². The molecule has 0 saturated heterocycles. The number of H-pyrrole nitrogens is 1. The molecule has 2 rings (SSSR count). The van der Waals surface area contributed by atoms with E-state index in [-0.39, 0.29) is 22.8 Å². The third-order valence-electron chi connectivity index (χ3n) is 2.23. The van der Waals surface area contributed by atoms with Gasteiger partial charge in [-0.3, -0.25) is 4.79 Å². The minimum absolute atomic E-state index is 0.191. The third kappa shape index (κ3) is 2.30. The number of furan rings is 1. The van der Waals surface area contributed by atoms with Crippen LogP contribution in [0, 0.1) is 0 Å². The van der Waals surface area contributed by atoms with Gasteiger partial charge >= 0.3 is 0 Å². The molecule has 90 valence electrons. The fourth-order valence-electron chi connectivity index (χ4n) is 1.38. The summed E-state index contributed by atoms with van der Waals surface area (Å²) < 4.78 is 6.51. The molecule has 0 aliphatic carbocycles. The van der Waals surface area contributed by atoms with Crippen LogP contribution in [0.3, 0.4) is 0 Å². The number of aromatic nitrogens is 2. The Balaban J connectivity index is 2.58. The van der Waals surface area contributed by atoms with Crippen LogP contribution >= 0.6 is 31.9 Å². The topological polar surface area (TPSA) is 79.1 Å². The van der Waals surface area contributed by atoms with E-state index >= 15 is 0 Å². The Labute approximate surface area is 113 Å². The monoisotopic (exact) mass is 362 g/mol. The highest BCUT2D eigenvalue weighted by Crippen LogP contribution is 2.31. The van der Waals surface area contributed by atoms with Gasteiger partial charge in [-0.25, -0.2) is 0 Å². The summed E-state index contributed by atoms with van der Waals surface area (Å²) in [4.78, 5) is 18.1. The molecule has 0 unspecified atom stereocenters. The number of nitrogens with zero attached hydrogens (tertiary/aromatic N) is 1. The number of rotatable bonds is 2. The molecule has 2 aromatic heterocycles. The zero-order chi connectivity index (χ0) is 12.6. The van der Waals surface area contributed by atoms with Crippen molar-refractivity contribution in [3.63, 3.8) is 0 Å². The predicted octanol–water partition coefficient (Wildman–Crippen LogP) is 2.82. The quantitative estimate of drug-likeness (QED) is 0.859. The molecule has 2 aromatic rings. The molecule has 0 saturated carbocycles. The maximum atomic E-state index is 11.6. The summed E-state index contributed by atoms with van der Waals surface area (Å²) in [5, 5.41) is 9.61. The Bertz CT molecular complexity index is 599. The number of hydrogen-bond donors (Lipinski definition) is 2. The molecule has 2 heterocycles. The lowest BCUT2D eigenvalue weighted by molar-refractivity contribution is 0.442. The highest BCUT2D eigenvalue weighted by Gasteiger charge is 2.14. The van der Waals surface area contributed by atoms with Crippen molar-refractivity contribution in [2.45, 2.75) is 13.3 Å². The standard InChI is InChI=1S/C10H8Br2N2O3/c1-2-4-9(15)13-8(14-10(4)16)6-3-5(11)7(12)17-6/h3H,2H2,1H3,(H2,13,14,15,16). The van der Waals surface area contributed by atoms with Gasteiger partial charge in [0.15, 0.2) is 16.3 Å². The van der Waals surface area contributed by atoms with E-state index in [0.29, 0.717) is 21.3 Å². The summed E-state index contributed by atoms with van der Waals surface area (Å²) in [6.45, 7) is 1.77. The van der Waals surface area contributed by atoms with Gasteiger partial charge in [-0.15, -0.1) is 0 Å². The van der Waals surface area contributed by atoms with Crippen molar-refractivity contribution in [1.29, 1.82) is 0 Å². The second kappa shape index (κ2) is 4.66. The zero-order valence-corrected chi connectivity index (χ0v) is 11.9. The SMILES string of the molecule is CCc1c(O)nc(-c2cc(Br)c(Br)o2)[nH]c1=O. The molecule has 17 heavy (non-hydrogen) atoms. The van der Waals surface area contributed by atoms with Gasteiger partial charge in [-0.05, 0) is 38.3 Å². The van der Waals surface area contributed by atoms with Gasteiger partial charge in [0.1, 0.15) is 0 Å². The van der Waals surface area contributed by atoms with Gasteiger partial charge in [0.2, 0.25) is 5.88 Å². The molecular formula is C10H8Br2N2O3. The van der Waals surface area contributed by atoms with Gasteiger partial charge in [0.25, 0.3) is 5.56 Å². The molecular weight excluding hydrogens is 356 g/mol. The van der Waals surface area contributed by atoms with Crippen LogP contribution in [0.1, 0.15) is 12.5 Å². The van der Waals surface area contributed by atoms with E-state index in [9.17, 15) is 9.90 Å². The first kappa shape index (κ1) is 12.4. The van der Waals surface area contributed by atoms with Gasteiger partial charge in [0.05, 0.1) is 10.0 Å². The molecule has 0 bridgehead atoms.